The fraction of sp³-hybridized carbons (Fsp3) is 0.500. The monoisotopic (exact) mass is 390 g/mol. The van der Waals surface area contributed by atoms with Crippen molar-refractivity contribution in [1.29, 1.82) is 0 Å². The molecule has 0 bridgehead atoms. The van der Waals surface area contributed by atoms with Crippen LogP contribution in [0, 0.1) is 10.1 Å². The van der Waals surface area contributed by atoms with Crippen LogP contribution < -0.4 is 0 Å². The van der Waals surface area contributed by atoms with E-state index in [0.717, 1.165) is 15.9 Å². The smallest absolute Gasteiger partial charge is 0.307 e. The maximum absolute atomic E-state index is 13.3. The van der Waals surface area contributed by atoms with Gasteiger partial charge in [-0.15, -0.1) is 0 Å². The van der Waals surface area contributed by atoms with Crippen LogP contribution in [0.5, 0.6) is 0 Å². The van der Waals surface area contributed by atoms with Gasteiger partial charge in [-0.05, 0) is 19.9 Å². The lowest BCUT2D eigenvalue weighted by molar-refractivity contribution is -0.385. The third-order valence-corrected chi connectivity index (χ3v) is 7.81. The molecule has 1 atom stereocenters. The molecule has 7 nitrogen and oxygen atoms in total. The zero-order valence-electron chi connectivity index (χ0n) is 13.4. The molecule has 1 aromatic carbocycles. The molecule has 1 aliphatic heterocycles. The summed E-state index contributed by atoms with van der Waals surface area (Å²) >= 11 is 3.09. The lowest BCUT2D eigenvalue weighted by atomic mass is 10.2. The van der Waals surface area contributed by atoms with Crippen LogP contribution in [0.3, 0.4) is 0 Å². The summed E-state index contributed by atoms with van der Waals surface area (Å²) in [5.41, 5.74) is 0.104. The van der Waals surface area contributed by atoms with Crippen molar-refractivity contribution >= 4 is 41.2 Å². The second-order valence-corrected chi connectivity index (χ2v) is 9.17. The highest BCUT2D eigenvalue weighted by molar-refractivity contribution is 8.41. The predicted octanol–water partition coefficient (Wildman–Crippen LogP) is 4.70. The summed E-state index contributed by atoms with van der Waals surface area (Å²) in [4.78, 5) is 15.4. The molecule has 0 saturated carbocycles. The first-order chi connectivity index (χ1) is 11.5. The zero-order valence-corrected chi connectivity index (χ0v) is 15.9. The predicted molar refractivity (Wildman–Crippen MR) is 99.0 cm³/mol. The molecule has 1 heterocycles. The first-order valence-electron chi connectivity index (χ1n) is 7.47. The van der Waals surface area contributed by atoms with E-state index in [2.05, 4.69) is 4.99 Å². The Morgan fingerprint density at radius 2 is 1.83 bits per heavy atom. The van der Waals surface area contributed by atoms with Crippen LogP contribution in [0.25, 0.3) is 0 Å². The molecule has 1 saturated heterocycles. The van der Waals surface area contributed by atoms with Crippen molar-refractivity contribution in [2.24, 2.45) is 4.99 Å². The second kappa shape index (κ2) is 9.01. The minimum atomic E-state index is -3.69. The molecule has 0 aromatic heterocycles. The molecule has 1 unspecified atom stereocenters. The van der Waals surface area contributed by atoms with Crippen molar-refractivity contribution in [3.63, 3.8) is 0 Å². The molecule has 0 spiro atoms. The molecular formula is C14H19N2O5PS2. The van der Waals surface area contributed by atoms with Gasteiger partial charge in [0.15, 0.2) is 5.78 Å². The second-order valence-electron chi connectivity index (χ2n) is 4.66. The number of rotatable bonds is 8. The van der Waals surface area contributed by atoms with E-state index in [1.54, 1.807) is 55.6 Å². The van der Waals surface area contributed by atoms with Crippen molar-refractivity contribution in [3.8, 4) is 0 Å². The van der Waals surface area contributed by atoms with Crippen molar-refractivity contribution in [2.75, 3.05) is 24.7 Å². The van der Waals surface area contributed by atoms with Crippen molar-refractivity contribution in [3.05, 3.63) is 39.9 Å². The number of nitro benzene ring substituents is 1. The maximum Gasteiger partial charge on any atom is 0.359 e. The van der Waals surface area contributed by atoms with Crippen LogP contribution >= 0.6 is 31.1 Å². The summed E-state index contributed by atoms with van der Waals surface area (Å²) in [7, 11) is -3.69. The molecule has 1 aromatic rings. The van der Waals surface area contributed by atoms with Crippen LogP contribution in [0.15, 0.2) is 29.3 Å². The standard InChI is InChI=1S/C14H19N2O5PS2/c1-3-20-22(19,21-4-2)13(15-14-23-9-10-24-14)11-7-5-6-8-12(11)16(17)18/h5-8,13H,3-4,9-10H2,1-2H3. The molecule has 132 valence electrons. The van der Waals surface area contributed by atoms with Gasteiger partial charge in [0.25, 0.3) is 5.69 Å². The summed E-state index contributed by atoms with van der Waals surface area (Å²) < 4.78 is 24.9. The summed E-state index contributed by atoms with van der Waals surface area (Å²) in [6.07, 6.45) is 0. The lowest BCUT2D eigenvalue weighted by Gasteiger charge is -2.24. The number of benzene rings is 1. The van der Waals surface area contributed by atoms with Crippen molar-refractivity contribution in [2.45, 2.75) is 19.6 Å². The summed E-state index contributed by atoms with van der Waals surface area (Å²) in [5.74, 6) is 0.758. The van der Waals surface area contributed by atoms with Gasteiger partial charge < -0.3 is 9.05 Å². The number of hydrogen-bond donors (Lipinski definition) is 0. The topological polar surface area (TPSA) is 91.0 Å². The maximum atomic E-state index is 13.3. The van der Waals surface area contributed by atoms with Crippen LogP contribution in [-0.2, 0) is 13.6 Å². The van der Waals surface area contributed by atoms with Gasteiger partial charge in [-0.1, -0.05) is 35.7 Å². The molecule has 0 N–H and O–H groups in total. The third kappa shape index (κ3) is 4.61. The Balaban J connectivity index is 2.56. The van der Waals surface area contributed by atoms with E-state index in [1.165, 1.54) is 6.07 Å². The molecule has 2 rings (SSSR count). The van der Waals surface area contributed by atoms with Crippen molar-refractivity contribution < 1.29 is 18.5 Å². The SMILES string of the molecule is CCOP(=O)(OCC)C(N=C1SCCS1)c1ccccc1[N+](=O)[O-]. The van der Waals surface area contributed by atoms with E-state index in [4.69, 9.17) is 9.05 Å². The van der Waals surface area contributed by atoms with Gasteiger partial charge in [0, 0.05) is 17.6 Å². The van der Waals surface area contributed by atoms with Gasteiger partial charge in [0.05, 0.1) is 23.7 Å². The average molecular weight is 390 g/mol. The fourth-order valence-corrected chi connectivity index (χ4v) is 6.45. The summed E-state index contributed by atoms with van der Waals surface area (Å²) in [6.45, 7) is 3.74. The van der Waals surface area contributed by atoms with Crippen LogP contribution in [-0.4, -0.2) is 34.0 Å². The van der Waals surface area contributed by atoms with Crippen LogP contribution in [0.2, 0.25) is 0 Å². The number of nitrogens with zero attached hydrogens (tertiary/aromatic N) is 2. The third-order valence-electron chi connectivity index (χ3n) is 3.09. The highest BCUT2D eigenvalue weighted by Gasteiger charge is 2.41. The van der Waals surface area contributed by atoms with Gasteiger partial charge in [0.2, 0.25) is 0 Å². The van der Waals surface area contributed by atoms with E-state index in [0.29, 0.717) is 0 Å². The normalized spacial score (nSPS) is 16.2. The highest BCUT2D eigenvalue weighted by Crippen LogP contribution is 2.63. The molecule has 0 aliphatic carbocycles. The molecule has 0 radical (unpaired) electrons. The van der Waals surface area contributed by atoms with E-state index < -0.39 is 18.3 Å². The summed E-state index contributed by atoms with van der Waals surface area (Å²) in [5, 5.41) is 11.4. The van der Waals surface area contributed by atoms with E-state index in [1.807, 2.05) is 0 Å². The average Bonchev–Trinajstić information content (AvgIpc) is 3.06. The van der Waals surface area contributed by atoms with Crippen LogP contribution in [0.1, 0.15) is 25.2 Å². The van der Waals surface area contributed by atoms with Gasteiger partial charge in [-0.3, -0.25) is 19.7 Å². The Labute approximate surface area is 149 Å². The first kappa shape index (κ1) is 19.5. The molecule has 24 heavy (non-hydrogen) atoms. The molecule has 0 amide bonds. The molecule has 10 heteroatoms. The number of hydrogen-bond acceptors (Lipinski definition) is 8. The molecular weight excluding hydrogens is 371 g/mol. The van der Waals surface area contributed by atoms with Gasteiger partial charge in [-0.25, -0.2) is 0 Å². The lowest BCUT2D eigenvalue weighted by Crippen LogP contribution is -2.08. The van der Waals surface area contributed by atoms with E-state index in [-0.39, 0.29) is 24.5 Å². The Morgan fingerprint density at radius 3 is 2.38 bits per heavy atom. The number of aliphatic imine (C=N–C) groups is 1. The first-order valence-corrected chi connectivity index (χ1v) is 11.1. The quantitative estimate of drug-likeness (QED) is 0.361. The zero-order chi connectivity index (χ0) is 17.6. The Morgan fingerprint density at radius 1 is 1.25 bits per heavy atom. The minimum absolute atomic E-state index is 0.139. The summed E-state index contributed by atoms with van der Waals surface area (Å²) in [6, 6.07) is 6.16. The van der Waals surface area contributed by atoms with Gasteiger partial charge in [-0.2, -0.15) is 0 Å². The largest absolute Gasteiger partial charge is 0.359 e. The number of thioether (sulfide) groups is 2. The molecule has 1 aliphatic rings. The Bertz CT molecular complexity index is 652. The molecule has 1 fully saturated rings. The number of para-hydroxylation sites is 1. The van der Waals surface area contributed by atoms with Crippen molar-refractivity contribution in [1.82, 2.24) is 0 Å². The minimum Gasteiger partial charge on any atom is -0.307 e. The van der Waals surface area contributed by atoms with E-state index in [9.17, 15) is 14.7 Å². The highest BCUT2D eigenvalue weighted by atomic mass is 32.2. The number of nitro groups is 1. The van der Waals surface area contributed by atoms with Gasteiger partial charge >= 0.3 is 7.60 Å². The fourth-order valence-electron chi connectivity index (χ4n) is 2.20. The Kier molecular flexibility index (Phi) is 7.31. The Hall–Kier alpha value is -0.860. The van der Waals surface area contributed by atoms with Crippen LogP contribution in [0.4, 0.5) is 5.69 Å². The van der Waals surface area contributed by atoms with E-state index >= 15 is 0 Å². The van der Waals surface area contributed by atoms with Gasteiger partial charge in [0.1, 0.15) is 4.38 Å².